The number of thiazole rings is 1. The highest BCUT2D eigenvalue weighted by Crippen LogP contribution is 2.43. The first-order valence-electron chi connectivity index (χ1n) is 13.3. The normalized spacial score (nSPS) is 22.0. The fraction of sp³-hybridized carbons (Fsp3) is 0.577. The van der Waals surface area contributed by atoms with Gasteiger partial charge in [-0.2, -0.15) is 4.98 Å². The van der Waals surface area contributed by atoms with Gasteiger partial charge in [0.05, 0.1) is 22.8 Å². The molecule has 0 unspecified atom stereocenters. The van der Waals surface area contributed by atoms with E-state index >= 15 is 0 Å². The fourth-order valence-electron chi connectivity index (χ4n) is 5.26. The van der Waals surface area contributed by atoms with Crippen molar-refractivity contribution >= 4 is 22.4 Å². The number of rotatable bonds is 8. The molecule has 3 aliphatic rings. The van der Waals surface area contributed by atoms with E-state index < -0.39 is 0 Å². The average molecular weight is 523 g/mol. The van der Waals surface area contributed by atoms with Gasteiger partial charge < -0.3 is 19.7 Å². The van der Waals surface area contributed by atoms with E-state index in [4.69, 9.17) is 9.47 Å². The first-order chi connectivity index (χ1) is 18.2. The Balaban J connectivity index is 1.04. The van der Waals surface area contributed by atoms with Crippen molar-refractivity contribution in [3.63, 3.8) is 0 Å². The van der Waals surface area contributed by atoms with E-state index in [1.54, 1.807) is 12.4 Å². The molecule has 2 saturated heterocycles. The Morgan fingerprint density at radius 2 is 1.89 bits per heavy atom. The molecule has 1 saturated carbocycles. The predicted octanol–water partition coefficient (Wildman–Crippen LogP) is 3.75. The minimum atomic E-state index is 0.0309. The molecule has 11 heteroatoms. The van der Waals surface area contributed by atoms with Crippen LogP contribution in [0.15, 0.2) is 30.9 Å². The van der Waals surface area contributed by atoms with Crippen LogP contribution in [0.4, 0.5) is 11.1 Å². The molecule has 0 aromatic carbocycles. The molecule has 6 rings (SSSR count). The number of hydrogen-bond acceptors (Lipinski definition) is 11. The number of nitrogens with zero attached hydrogens (tertiary/aromatic N) is 7. The van der Waals surface area contributed by atoms with Gasteiger partial charge in [-0.05, 0) is 31.9 Å². The molecule has 3 fully saturated rings. The van der Waals surface area contributed by atoms with Gasteiger partial charge in [-0.15, -0.1) is 0 Å². The maximum absolute atomic E-state index is 6.17. The number of piperazine rings is 1. The predicted molar refractivity (Wildman–Crippen MR) is 142 cm³/mol. The lowest BCUT2D eigenvalue weighted by Gasteiger charge is -2.46. The van der Waals surface area contributed by atoms with Crippen molar-refractivity contribution in [3.05, 3.63) is 36.4 Å². The smallest absolute Gasteiger partial charge is 0.317 e. The molecule has 1 atom stereocenters. The first-order valence-corrected chi connectivity index (χ1v) is 14.1. The Hall–Kier alpha value is -2.73. The maximum atomic E-state index is 6.17. The topological polar surface area (TPSA) is 101 Å². The van der Waals surface area contributed by atoms with E-state index in [0.717, 1.165) is 92.8 Å². The van der Waals surface area contributed by atoms with Gasteiger partial charge in [0.1, 0.15) is 6.10 Å². The van der Waals surface area contributed by atoms with Crippen LogP contribution in [-0.4, -0.2) is 85.8 Å². The summed E-state index contributed by atoms with van der Waals surface area (Å²) in [5.41, 5.74) is 1.94. The molecule has 196 valence electrons. The van der Waals surface area contributed by atoms with Crippen molar-refractivity contribution in [2.45, 2.75) is 57.3 Å². The van der Waals surface area contributed by atoms with Crippen molar-refractivity contribution in [2.75, 3.05) is 44.6 Å². The van der Waals surface area contributed by atoms with Crippen molar-refractivity contribution in [2.24, 2.45) is 0 Å². The third kappa shape index (κ3) is 5.90. The Morgan fingerprint density at radius 1 is 1.08 bits per heavy atom. The Labute approximate surface area is 221 Å². The average Bonchev–Trinajstić information content (AvgIpc) is 3.38. The molecular weight excluding hydrogens is 488 g/mol. The molecule has 0 radical (unpaired) electrons. The molecule has 1 spiro atoms. The Kier molecular flexibility index (Phi) is 7.27. The van der Waals surface area contributed by atoms with Crippen molar-refractivity contribution in [1.82, 2.24) is 34.7 Å². The maximum Gasteiger partial charge on any atom is 0.317 e. The van der Waals surface area contributed by atoms with Gasteiger partial charge in [0.15, 0.2) is 5.13 Å². The largest absolute Gasteiger partial charge is 0.460 e. The number of nitrogens with one attached hydrogen (secondary N) is 1. The van der Waals surface area contributed by atoms with Crippen LogP contribution in [0.5, 0.6) is 6.01 Å². The van der Waals surface area contributed by atoms with E-state index in [-0.39, 0.29) is 11.7 Å². The van der Waals surface area contributed by atoms with Crippen LogP contribution in [-0.2, 0) is 11.3 Å². The zero-order valence-corrected chi connectivity index (χ0v) is 22.1. The molecule has 3 aromatic rings. The van der Waals surface area contributed by atoms with E-state index in [2.05, 4.69) is 47.0 Å². The lowest BCUT2D eigenvalue weighted by Crippen LogP contribution is -2.48. The number of ether oxygens (including phenoxy) is 2. The summed E-state index contributed by atoms with van der Waals surface area (Å²) in [5, 5.41) is 3.94. The van der Waals surface area contributed by atoms with E-state index in [9.17, 15) is 0 Å². The fourth-order valence-corrected chi connectivity index (χ4v) is 6.04. The van der Waals surface area contributed by atoms with Gasteiger partial charge in [-0.3, -0.25) is 4.90 Å². The summed E-state index contributed by atoms with van der Waals surface area (Å²) in [6.45, 7) is 9.39. The molecule has 3 aromatic heterocycles. The summed E-state index contributed by atoms with van der Waals surface area (Å²) in [5.74, 6) is 0.539. The second kappa shape index (κ2) is 10.9. The standard InChI is InChI=1S/C26H34N8O2S/c1-2-33-9-11-34(12-10-33)18-19-15-28-23(29-16-19)32-25-30-17-22(37-25)21-4-8-27-24(31-21)36-20-5-13-35-26(14-20)6-3-7-26/h4,8,15-17,20H,2-3,5-7,9-14,18H2,1H3,(H,28,29,30,32)/t20-/m1/s1. The summed E-state index contributed by atoms with van der Waals surface area (Å²) in [4.78, 5) is 28.4. The third-order valence-electron chi connectivity index (χ3n) is 7.62. The van der Waals surface area contributed by atoms with Gasteiger partial charge in [0.2, 0.25) is 5.95 Å². The number of anilines is 2. The summed E-state index contributed by atoms with van der Waals surface area (Å²) in [7, 11) is 0. The second-order valence-corrected chi connectivity index (χ2v) is 11.2. The number of aromatic nitrogens is 5. The van der Waals surface area contributed by atoms with Crippen molar-refractivity contribution in [3.8, 4) is 16.6 Å². The second-order valence-electron chi connectivity index (χ2n) is 10.1. The Bertz CT molecular complexity index is 1180. The first kappa shape index (κ1) is 24.6. The highest BCUT2D eigenvalue weighted by molar-refractivity contribution is 7.18. The molecule has 1 N–H and O–H groups in total. The van der Waals surface area contributed by atoms with Gasteiger partial charge in [0.25, 0.3) is 0 Å². The summed E-state index contributed by atoms with van der Waals surface area (Å²) in [6, 6.07) is 2.30. The molecular formula is C26H34N8O2S. The molecule has 0 bridgehead atoms. The van der Waals surface area contributed by atoms with Crippen LogP contribution < -0.4 is 10.1 Å². The van der Waals surface area contributed by atoms with Crippen molar-refractivity contribution < 1.29 is 9.47 Å². The highest BCUT2D eigenvalue weighted by Gasteiger charge is 2.43. The molecule has 10 nitrogen and oxygen atoms in total. The lowest BCUT2D eigenvalue weighted by atomic mass is 9.74. The zero-order valence-electron chi connectivity index (χ0n) is 21.3. The minimum Gasteiger partial charge on any atom is -0.460 e. The summed E-state index contributed by atoms with van der Waals surface area (Å²) >= 11 is 1.50. The van der Waals surface area contributed by atoms with Gasteiger partial charge in [0, 0.05) is 75.9 Å². The molecule has 5 heterocycles. The van der Waals surface area contributed by atoms with E-state index in [1.807, 2.05) is 18.5 Å². The van der Waals surface area contributed by atoms with Crippen molar-refractivity contribution in [1.29, 1.82) is 0 Å². The molecule has 2 aliphatic heterocycles. The van der Waals surface area contributed by atoms with Crippen LogP contribution in [0, 0.1) is 0 Å². The quantitative estimate of drug-likeness (QED) is 0.471. The zero-order chi connectivity index (χ0) is 25.1. The molecule has 0 amide bonds. The molecule has 37 heavy (non-hydrogen) atoms. The van der Waals surface area contributed by atoms with Gasteiger partial charge >= 0.3 is 6.01 Å². The van der Waals surface area contributed by atoms with E-state index in [1.165, 1.54) is 17.8 Å². The lowest BCUT2D eigenvalue weighted by molar-refractivity contribution is -0.154. The molecule has 1 aliphatic carbocycles. The third-order valence-corrected chi connectivity index (χ3v) is 8.55. The van der Waals surface area contributed by atoms with Gasteiger partial charge in [-0.1, -0.05) is 18.3 Å². The number of hydrogen-bond donors (Lipinski definition) is 1. The van der Waals surface area contributed by atoms with Crippen LogP contribution in [0.2, 0.25) is 0 Å². The number of likely N-dealkylation sites (N-methyl/N-ethyl adjacent to an activating group) is 1. The van der Waals surface area contributed by atoms with Crippen LogP contribution in [0.1, 0.15) is 44.6 Å². The minimum absolute atomic E-state index is 0.0309. The van der Waals surface area contributed by atoms with Gasteiger partial charge in [-0.25, -0.2) is 19.9 Å². The van der Waals surface area contributed by atoms with E-state index in [0.29, 0.717) is 12.0 Å². The summed E-state index contributed by atoms with van der Waals surface area (Å²) < 4.78 is 12.2. The highest BCUT2D eigenvalue weighted by atomic mass is 32.1. The van der Waals surface area contributed by atoms with Crippen LogP contribution >= 0.6 is 11.3 Å². The Morgan fingerprint density at radius 3 is 2.65 bits per heavy atom. The summed E-state index contributed by atoms with van der Waals surface area (Å²) in [6.07, 6.45) is 12.7. The van der Waals surface area contributed by atoms with Crippen LogP contribution in [0.25, 0.3) is 10.6 Å². The van der Waals surface area contributed by atoms with Crippen LogP contribution in [0.3, 0.4) is 0 Å². The monoisotopic (exact) mass is 522 g/mol. The SMILES string of the molecule is CCN1CCN(Cc2cnc(Nc3ncc(-c4ccnc(O[C@@H]5CCOC6(CCC6)C5)n4)s3)nc2)CC1.